The third-order valence-electron chi connectivity index (χ3n) is 7.74. The fraction of sp³-hybridized carbons (Fsp3) is 0.950. The summed E-state index contributed by atoms with van der Waals surface area (Å²) in [6.07, 6.45) is -18.4. The Balaban J connectivity index is 2.28. The molecule has 3 aliphatic rings. The van der Waals surface area contributed by atoms with E-state index < -0.39 is 116 Å². The van der Waals surface area contributed by atoms with E-state index in [1.54, 1.807) is 0 Å². The third-order valence-corrected chi connectivity index (χ3v) is 7.74. The first-order valence-corrected chi connectivity index (χ1v) is 11.4. The molecule has 0 aromatic heterocycles. The van der Waals surface area contributed by atoms with Gasteiger partial charge in [-0.25, -0.2) is 0 Å². The second-order valence-electron chi connectivity index (χ2n) is 9.66. The first-order chi connectivity index (χ1) is 17.1. The van der Waals surface area contributed by atoms with E-state index >= 15 is 0 Å². The van der Waals surface area contributed by atoms with Crippen molar-refractivity contribution in [3.8, 4) is 0 Å². The van der Waals surface area contributed by atoms with Crippen LogP contribution in [0.15, 0.2) is 0 Å². The van der Waals surface area contributed by atoms with E-state index in [2.05, 4.69) is 5.32 Å². The number of aliphatic hydroxyl groups is 12. The summed E-state index contributed by atoms with van der Waals surface area (Å²) in [4.78, 5) is 11.6. The Bertz CT molecular complexity index is 836. The monoisotopic (exact) mass is 545 g/mol. The molecule has 37 heavy (non-hydrogen) atoms. The van der Waals surface area contributed by atoms with Gasteiger partial charge in [-0.3, -0.25) is 4.79 Å². The Labute approximate surface area is 209 Å². The maximum atomic E-state index is 12.0. The number of aliphatic hydroxyl groups excluding tert-OH is 8. The zero-order valence-electron chi connectivity index (χ0n) is 19.7. The maximum Gasteiger partial charge on any atom is 0.217 e. The molecule has 0 unspecified atom stereocenters. The molecule has 0 spiro atoms. The van der Waals surface area contributed by atoms with Gasteiger partial charge in [0.2, 0.25) is 5.91 Å². The first-order valence-electron chi connectivity index (χ1n) is 11.4. The molecule has 216 valence electrons. The van der Waals surface area contributed by atoms with Crippen LogP contribution >= 0.6 is 0 Å². The smallest absolute Gasteiger partial charge is 0.217 e. The molecule has 17 nitrogen and oxygen atoms in total. The fourth-order valence-corrected chi connectivity index (χ4v) is 5.63. The lowest BCUT2D eigenvalue weighted by Gasteiger charge is -2.66. The van der Waals surface area contributed by atoms with Crippen LogP contribution in [0.5, 0.6) is 0 Å². The number of hydrogen-bond acceptors (Lipinski definition) is 16. The zero-order valence-corrected chi connectivity index (χ0v) is 19.7. The second-order valence-corrected chi connectivity index (χ2v) is 9.66. The van der Waals surface area contributed by atoms with E-state index in [1.165, 1.54) is 0 Å². The standard InChI is InChI=1S/C20H35NO16/c1-7(25)21-8-5-35-11(4-24)18(32,13(8)27)17(31)6-36-10(3-23)14(28)20(17,34)19(33)15(29)12(26)9(2-22)37-16(19)30/h8-16,22-24,26-34H,2-6H2,1H3,(H,21,25)/t8-,9-,10-,11-,12-,13-,14+,15+,16+,17-,18+,19-,20-/m1/s1. The highest BCUT2D eigenvalue weighted by molar-refractivity contribution is 5.73. The van der Waals surface area contributed by atoms with Crippen molar-refractivity contribution in [2.24, 2.45) is 0 Å². The van der Waals surface area contributed by atoms with Crippen LogP contribution in [0.2, 0.25) is 0 Å². The molecule has 3 rings (SSSR count). The third kappa shape index (κ3) is 4.01. The number of hydrogen-bond donors (Lipinski definition) is 13. The van der Waals surface area contributed by atoms with Crippen molar-refractivity contribution in [3.05, 3.63) is 0 Å². The molecule has 0 radical (unpaired) electrons. The van der Waals surface area contributed by atoms with Crippen molar-refractivity contribution in [1.82, 2.24) is 5.32 Å². The quantitative estimate of drug-likeness (QED) is 0.147. The molecule has 0 aliphatic carbocycles. The summed E-state index contributed by atoms with van der Waals surface area (Å²) in [6.45, 7) is -4.08. The van der Waals surface area contributed by atoms with Crippen LogP contribution in [-0.2, 0) is 19.0 Å². The Kier molecular flexibility index (Phi) is 8.59. The molecule has 3 aliphatic heterocycles. The minimum absolute atomic E-state index is 0.527. The van der Waals surface area contributed by atoms with E-state index in [-0.39, 0.29) is 0 Å². The largest absolute Gasteiger partial charge is 0.394 e. The minimum Gasteiger partial charge on any atom is -0.394 e. The number of amides is 1. The van der Waals surface area contributed by atoms with Crippen LogP contribution in [0.25, 0.3) is 0 Å². The molecule has 17 heteroatoms. The second kappa shape index (κ2) is 10.5. The van der Waals surface area contributed by atoms with Crippen molar-refractivity contribution in [2.75, 3.05) is 33.0 Å². The van der Waals surface area contributed by atoms with Crippen LogP contribution in [0, 0.1) is 0 Å². The highest BCUT2D eigenvalue weighted by atomic mass is 16.7. The minimum atomic E-state index is -3.86. The summed E-state index contributed by atoms with van der Waals surface area (Å²) in [6, 6.07) is -1.51. The molecule has 0 aromatic rings. The molecule has 0 aromatic carbocycles. The highest BCUT2D eigenvalue weighted by Crippen LogP contribution is 2.54. The summed E-state index contributed by atoms with van der Waals surface area (Å²) in [7, 11) is 0. The average molecular weight is 545 g/mol. The normalized spacial score (nSPS) is 53.1. The van der Waals surface area contributed by atoms with Gasteiger partial charge in [0.05, 0.1) is 39.1 Å². The van der Waals surface area contributed by atoms with Crippen LogP contribution in [0.3, 0.4) is 0 Å². The van der Waals surface area contributed by atoms with Crippen molar-refractivity contribution in [2.45, 2.75) is 84.4 Å². The lowest BCUT2D eigenvalue weighted by Crippen LogP contribution is -2.94. The highest BCUT2D eigenvalue weighted by Gasteiger charge is 2.83. The van der Waals surface area contributed by atoms with E-state index in [0.29, 0.717) is 0 Å². The zero-order chi connectivity index (χ0) is 28.1. The van der Waals surface area contributed by atoms with Gasteiger partial charge in [0.25, 0.3) is 0 Å². The van der Waals surface area contributed by atoms with E-state index in [4.69, 9.17) is 14.2 Å². The Morgan fingerprint density at radius 1 is 0.838 bits per heavy atom. The van der Waals surface area contributed by atoms with Gasteiger partial charge in [-0.2, -0.15) is 0 Å². The molecule has 3 saturated heterocycles. The molecule has 1 amide bonds. The molecular formula is C20H35NO16. The lowest BCUT2D eigenvalue weighted by molar-refractivity contribution is -0.452. The number of carbonyl (C=O) groups excluding carboxylic acids is 1. The number of rotatable bonds is 6. The summed E-state index contributed by atoms with van der Waals surface area (Å²) in [5.41, 5.74) is -14.6. The van der Waals surface area contributed by atoms with Crippen LogP contribution < -0.4 is 5.32 Å². The van der Waals surface area contributed by atoms with Gasteiger partial charge in [0.1, 0.15) is 42.7 Å². The van der Waals surface area contributed by atoms with Gasteiger partial charge >= 0.3 is 0 Å². The van der Waals surface area contributed by atoms with Crippen LogP contribution in [-0.4, -0.2) is 178 Å². The molecule has 0 bridgehead atoms. The first kappa shape index (κ1) is 30.4. The predicted octanol–water partition coefficient (Wildman–Crippen LogP) is -8.65. The van der Waals surface area contributed by atoms with Crippen molar-refractivity contribution < 1.29 is 80.3 Å². The van der Waals surface area contributed by atoms with Crippen molar-refractivity contribution >= 4 is 5.91 Å². The maximum absolute atomic E-state index is 12.0. The summed E-state index contributed by atoms with van der Waals surface area (Å²) < 4.78 is 15.4. The van der Waals surface area contributed by atoms with Crippen LogP contribution in [0.4, 0.5) is 0 Å². The summed E-state index contributed by atoms with van der Waals surface area (Å²) in [5.74, 6) is -0.733. The fourth-order valence-electron chi connectivity index (χ4n) is 5.63. The van der Waals surface area contributed by atoms with Gasteiger partial charge in [-0.15, -0.1) is 0 Å². The molecular weight excluding hydrogens is 510 g/mol. The van der Waals surface area contributed by atoms with Gasteiger partial charge in [0, 0.05) is 6.92 Å². The number of nitrogens with one attached hydrogen (secondary N) is 1. The van der Waals surface area contributed by atoms with E-state index in [9.17, 15) is 66.1 Å². The molecule has 13 atom stereocenters. The molecule has 3 heterocycles. The van der Waals surface area contributed by atoms with E-state index in [1.807, 2.05) is 0 Å². The molecule has 0 saturated carbocycles. The van der Waals surface area contributed by atoms with Gasteiger partial charge in [-0.05, 0) is 0 Å². The van der Waals surface area contributed by atoms with Gasteiger partial charge in [0.15, 0.2) is 28.7 Å². The number of carbonyl (C=O) groups is 1. The molecule has 3 fully saturated rings. The Hall–Kier alpha value is -1.13. The lowest BCUT2D eigenvalue weighted by atomic mass is 9.53. The molecule has 13 N–H and O–H groups in total. The SMILES string of the molecule is CC(=O)N[C@@H]1CO[C@H](CO)[C@@](O)([C@]2(O)CO[C@H](CO)[C@H](O)[C@]2(O)[C@]2(O)[C@@H](O)O[C@H](CO)[C@@H](O)[C@@H]2O)[C@@H]1O. The number of ether oxygens (including phenoxy) is 3. The predicted molar refractivity (Wildman–Crippen MR) is 113 cm³/mol. The topological polar surface area (TPSA) is 300 Å². The van der Waals surface area contributed by atoms with Crippen molar-refractivity contribution in [3.63, 3.8) is 0 Å². The summed E-state index contributed by atoms with van der Waals surface area (Å²) >= 11 is 0. The van der Waals surface area contributed by atoms with Gasteiger partial charge in [-0.1, -0.05) is 0 Å². The average Bonchev–Trinajstić information content (AvgIpc) is 2.86. The van der Waals surface area contributed by atoms with Crippen LogP contribution in [0.1, 0.15) is 6.92 Å². The van der Waals surface area contributed by atoms with E-state index in [0.717, 1.165) is 6.92 Å². The summed E-state index contributed by atoms with van der Waals surface area (Å²) in [5, 5.41) is 132. The Morgan fingerprint density at radius 2 is 1.43 bits per heavy atom. The van der Waals surface area contributed by atoms with Crippen molar-refractivity contribution in [1.29, 1.82) is 0 Å². The van der Waals surface area contributed by atoms with Gasteiger partial charge < -0.3 is 80.8 Å². The Morgan fingerprint density at radius 3 is 1.95 bits per heavy atom.